The van der Waals surface area contributed by atoms with Gasteiger partial charge in [-0.05, 0) is 44.0 Å². The van der Waals surface area contributed by atoms with Crippen molar-refractivity contribution in [3.05, 3.63) is 34.9 Å². The molecular formula is C14H19ClN6. The van der Waals surface area contributed by atoms with E-state index in [2.05, 4.69) is 25.3 Å². The number of nitrogens with one attached hydrogen (secondary N) is 1. The number of aryl methyl sites for hydroxylation is 1. The van der Waals surface area contributed by atoms with Crippen molar-refractivity contribution in [1.29, 1.82) is 0 Å². The number of hydrogen-bond donors (Lipinski definition) is 1. The van der Waals surface area contributed by atoms with Gasteiger partial charge in [0.2, 0.25) is 17.2 Å². The Bertz CT molecular complexity index is 583. The Balaban J connectivity index is 2.10. The molecule has 2 heterocycles. The lowest BCUT2D eigenvalue weighted by Gasteiger charge is -2.18. The lowest BCUT2D eigenvalue weighted by molar-refractivity contribution is 0.811. The Kier molecular flexibility index (Phi) is 5.27. The van der Waals surface area contributed by atoms with E-state index in [1.54, 1.807) is 0 Å². The van der Waals surface area contributed by atoms with E-state index in [-0.39, 0.29) is 5.28 Å². The number of pyridine rings is 1. The number of nitrogens with zero attached hydrogens (tertiary/aromatic N) is 5. The minimum atomic E-state index is 0.191. The third-order valence-electron chi connectivity index (χ3n) is 3.07. The predicted octanol–water partition coefficient (Wildman–Crippen LogP) is 2.69. The Morgan fingerprint density at radius 1 is 1.14 bits per heavy atom. The van der Waals surface area contributed by atoms with Crippen molar-refractivity contribution in [2.75, 3.05) is 23.3 Å². The molecule has 6 nitrogen and oxygen atoms in total. The molecule has 0 spiro atoms. The molecule has 21 heavy (non-hydrogen) atoms. The summed E-state index contributed by atoms with van der Waals surface area (Å²) < 4.78 is 0. The first-order chi connectivity index (χ1) is 10.1. The summed E-state index contributed by atoms with van der Waals surface area (Å²) in [5.74, 6) is 1.06. The van der Waals surface area contributed by atoms with Gasteiger partial charge in [-0.15, -0.1) is 0 Å². The zero-order valence-corrected chi connectivity index (χ0v) is 13.2. The summed E-state index contributed by atoms with van der Waals surface area (Å²) in [5.41, 5.74) is 2.05. The van der Waals surface area contributed by atoms with E-state index in [9.17, 15) is 0 Å². The Morgan fingerprint density at radius 2 is 1.90 bits per heavy atom. The summed E-state index contributed by atoms with van der Waals surface area (Å²) in [7, 11) is 0. The summed E-state index contributed by atoms with van der Waals surface area (Å²) in [4.78, 5) is 18.9. The van der Waals surface area contributed by atoms with Crippen LogP contribution in [0.15, 0.2) is 18.3 Å². The average molecular weight is 307 g/mol. The van der Waals surface area contributed by atoms with Gasteiger partial charge in [-0.2, -0.15) is 15.0 Å². The molecule has 2 aromatic heterocycles. The van der Waals surface area contributed by atoms with Crippen LogP contribution in [-0.4, -0.2) is 33.0 Å². The largest absolute Gasteiger partial charge is 0.350 e. The van der Waals surface area contributed by atoms with Crippen LogP contribution >= 0.6 is 11.6 Å². The fraction of sp³-hybridized carbons (Fsp3) is 0.429. The molecule has 112 valence electrons. The highest BCUT2D eigenvalue weighted by Crippen LogP contribution is 2.14. The molecule has 0 aromatic carbocycles. The molecule has 2 aromatic rings. The maximum absolute atomic E-state index is 5.97. The van der Waals surface area contributed by atoms with E-state index in [1.165, 1.54) is 0 Å². The van der Waals surface area contributed by atoms with Crippen LogP contribution in [0.3, 0.4) is 0 Å². The number of halogens is 1. The molecule has 0 aliphatic heterocycles. The SMILES string of the molecule is CCN(CC)c1nc(Cl)nc(NCc2ccc(C)nc2)n1. The van der Waals surface area contributed by atoms with Gasteiger partial charge in [-0.3, -0.25) is 4.98 Å². The monoisotopic (exact) mass is 306 g/mol. The number of aromatic nitrogens is 4. The van der Waals surface area contributed by atoms with Gasteiger partial charge < -0.3 is 10.2 Å². The zero-order chi connectivity index (χ0) is 15.2. The van der Waals surface area contributed by atoms with Crippen LogP contribution in [0.1, 0.15) is 25.1 Å². The minimum Gasteiger partial charge on any atom is -0.350 e. The lowest BCUT2D eigenvalue weighted by Crippen LogP contribution is -2.25. The van der Waals surface area contributed by atoms with E-state index in [0.717, 1.165) is 24.3 Å². The maximum Gasteiger partial charge on any atom is 0.231 e. The highest BCUT2D eigenvalue weighted by molar-refractivity contribution is 6.28. The van der Waals surface area contributed by atoms with Gasteiger partial charge in [0.05, 0.1) is 0 Å². The summed E-state index contributed by atoms with van der Waals surface area (Å²) in [5, 5.41) is 3.34. The molecule has 0 bridgehead atoms. The average Bonchev–Trinajstić information content (AvgIpc) is 2.47. The van der Waals surface area contributed by atoms with E-state index in [4.69, 9.17) is 11.6 Å². The van der Waals surface area contributed by atoms with Gasteiger partial charge in [-0.1, -0.05) is 6.07 Å². The second-order valence-electron chi connectivity index (χ2n) is 4.56. The smallest absolute Gasteiger partial charge is 0.231 e. The second-order valence-corrected chi connectivity index (χ2v) is 4.90. The van der Waals surface area contributed by atoms with Gasteiger partial charge in [0.25, 0.3) is 0 Å². The lowest BCUT2D eigenvalue weighted by atomic mass is 10.2. The molecule has 0 radical (unpaired) electrons. The van der Waals surface area contributed by atoms with Crippen molar-refractivity contribution in [2.24, 2.45) is 0 Å². The summed E-state index contributed by atoms with van der Waals surface area (Å²) in [6, 6.07) is 3.99. The quantitative estimate of drug-likeness (QED) is 0.885. The van der Waals surface area contributed by atoms with Gasteiger partial charge in [0.1, 0.15) is 0 Å². The van der Waals surface area contributed by atoms with Crippen LogP contribution in [0, 0.1) is 6.92 Å². The van der Waals surface area contributed by atoms with Crippen LogP contribution in [0.2, 0.25) is 5.28 Å². The molecule has 1 N–H and O–H groups in total. The predicted molar refractivity (Wildman–Crippen MR) is 84.7 cm³/mol. The van der Waals surface area contributed by atoms with Crippen LogP contribution in [0.5, 0.6) is 0 Å². The highest BCUT2D eigenvalue weighted by Gasteiger charge is 2.09. The fourth-order valence-electron chi connectivity index (χ4n) is 1.85. The normalized spacial score (nSPS) is 10.5. The van der Waals surface area contributed by atoms with Gasteiger partial charge >= 0.3 is 0 Å². The van der Waals surface area contributed by atoms with Crippen molar-refractivity contribution < 1.29 is 0 Å². The molecule has 2 rings (SSSR count). The molecule has 0 aliphatic rings. The Labute approximate surface area is 129 Å². The topological polar surface area (TPSA) is 66.8 Å². The van der Waals surface area contributed by atoms with Crippen LogP contribution in [0.4, 0.5) is 11.9 Å². The number of rotatable bonds is 6. The Morgan fingerprint density at radius 3 is 2.52 bits per heavy atom. The molecule has 0 unspecified atom stereocenters. The first-order valence-electron chi connectivity index (χ1n) is 6.94. The van der Waals surface area contributed by atoms with Crippen molar-refractivity contribution in [3.63, 3.8) is 0 Å². The molecule has 0 fully saturated rings. The van der Waals surface area contributed by atoms with Crippen LogP contribution in [0.25, 0.3) is 0 Å². The first kappa shape index (κ1) is 15.4. The standard InChI is InChI=1S/C14H19ClN6/c1-4-21(5-2)14-19-12(15)18-13(20-14)17-9-11-7-6-10(3)16-8-11/h6-8H,4-5,9H2,1-3H3,(H,17,18,19,20). The van der Waals surface area contributed by atoms with Crippen molar-refractivity contribution in [2.45, 2.75) is 27.3 Å². The van der Waals surface area contributed by atoms with Crippen LogP contribution in [-0.2, 0) is 6.54 Å². The first-order valence-corrected chi connectivity index (χ1v) is 7.32. The zero-order valence-electron chi connectivity index (χ0n) is 12.5. The number of hydrogen-bond acceptors (Lipinski definition) is 6. The maximum atomic E-state index is 5.97. The van der Waals surface area contributed by atoms with Gasteiger partial charge in [-0.25, -0.2) is 0 Å². The third kappa shape index (κ3) is 4.26. The van der Waals surface area contributed by atoms with Crippen LogP contribution < -0.4 is 10.2 Å². The fourth-order valence-corrected chi connectivity index (χ4v) is 2.01. The summed E-state index contributed by atoms with van der Waals surface area (Å²) in [6.07, 6.45) is 1.83. The third-order valence-corrected chi connectivity index (χ3v) is 3.23. The molecule has 0 amide bonds. The van der Waals surface area contributed by atoms with Crippen molar-refractivity contribution in [1.82, 2.24) is 19.9 Å². The molecule has 0 aliphatic carbocycles. The second kappa shape index (κ2) is 7.17. The van der Waals surface area contributed by atoms with E-state index < -0.39 is 0 Å². The molecule has 7 heteroatoms. The molecule has 0 saturated heterocycles. The van der Waals surface area contributed by atoms with E-state index in [0.29, 0.717) is 18.4 Å². The molecular weight excluding hydrogens is 288 g/mol. The molecule has 0 atom stereocenters. The van der Waals surface area contributed by atoms with Crippen molar-refractivity contribution in [3.8, 4) is 0 Å². The minimum absolute atomic E-state index is 0.191. The highest BCUT2D eigenvalue weighted by atomic mass is 35.5. The van der Waals surface area contributed by atoms with Crippen molar-refractivity contribution >= 4 is 23.5 Å². The Hall–Kier alpha value is -1.95. The summed E-state index contributed by atoms with van der Waals surface area (Å²) in [6.45, 7) is 8.28. The van der Waals surface area contributed by atoms with E-state index in [1.807, 2.05) is 44.0 Å². The van der Waals surface area contributed by atoms with E-state index >= 15 is 0 Å². The van der Waals surface area contributed by atoms with Gasteiger partial charge in [0.15, 0.2) is 0 Å². The summed E-state index contributed by atoms with van der Waals surface area (Å²) >= 11 is 5.97. The number of anilines is 2. The molecule has 0 saturated carbocycles. The van der Waals surface area contributed by atoms with Gasteiger partial charge in [0, 0.05) is 31.5 Å².